The average Bonchev–Trinajstić information content (AvgIpc) is 3.17. The van der Waals surface area contributed by atoms with E-state index in [9.17, 15) is 19.2 Å². The number of para-hydroxylation sites is 2. The van der Waals surface area contributed by atoms with Gasteiger partial charge in [0.2, 0.25) is 11.8 Å². The van der Waals surface area contributed by atoms with Crippen molar-refractivity contribution < 1.29 is 23.9 Å². The summed E-state index contributed by atoms with van der Waals surface area (Å²) >= 11 is 0. The second kappa shape index (κ2) is 7.12. The molecule has 0 aromatic heterocycles. The lowest BCUT2D eigenvalue weighted by molar-refractivity contribution is -0.123. The highest BCUT2D eigenvalue weighted by Crippen LogP contribution is 2.34. The van der Waals surface area contributed by atoms with E-state index < -0.39 is 11.6 Å². The molecule has 0 bridgehead atoms. The molecule has 9 heteroatoms. The number of fused-ring (bicyclic) bond motifs is 2. The summed E-state index contributed by atoms with van der Waals surface area (Å²) < 4.78 is 5.60. The van der Waals surface area contributed by atoms with Crippen molar-refractivity contribution in [2.75, 3.05) is 23.4 Å². The molecule has 2 aliphatic heterocycles. The Kier molecular flexibility index (Phi) is 4.39. The normalized spacial score (nSPS) is 21.7. The first-order valence-electron chi connectivity index (χ1n) is 10.0. The largest absolute Gasteiger partial charge is 0.491 e. The molecule has 3 N–H and O–H groups in total. The van der Waals surface area contributed by atoms with Crippen LogP contribution in [0.2, 0.25) is 0 Å². The minimum Gasteiger partial charge on any atom is -0.491 e. The number of carbonyl (C=O) groups excluding carboxylic acids is 4. The number of nitrogens with one attached hydrogen (secondary N) is 3. The van der Waals surface area contributed by atoms with Crippen LogP contribution in [0, 0.1) is 0 Å². The fraction of sp³-hybridized carbons (Fsp3) is 0.273. The summed E-state index contributed by atoms with van der Waals surface area (Å²) in [7, 11) is 0. The van der Waals surface area contributed by atoms with Crippen LogP contribution < -0.4 is 25.6 Å². The van der Waals surface area contributed by atoms with Gasteiger partial charge in [0.15, 0.2) is 0 Å². The number of anilines is 2. The van der Waals surface area contributed by atoms with Crippen LogP contribution in [0.25, 0.3) is 0 Å². The fourth-order valence-electron chi connectivity index (χ4n) is 4.37. The number of rotatable bonds is 3. The van der Waals surface area contributed by atoms with Crippen LogP contribution in [0.4, 0.5) is 16.2 Å². The second-order valence-corrected chi connectivity index (χ2v) is 7.92. The van der Waals surface area contributed by atoms with Crippen LogP contribution >= 0.6 is 0 Å². The topological polar surface area (TPSA) is 117 Å². The Balaban J connectivity index is 1.31. The van der Waals surface area contributed by atoms with Gasteiger partial charge in [-0.2, -0.15) is 0 Å². The molecule has 31 heavy (non-hydrogen) atoms. The SMILES string of the molecule is O=C(CN1C(=O)CCOc2ccccc21)Nc1ccc2c(c1)CC1(C2)NC(=O)NC1=O. The van der Waals surface area contributed by atoms with Gasteiger partial charge in [0, 0.05) is 18.5 Å². The first-order chi connectivity index (χ1) is 14.9. The third kappa shape index (κ3) is 3.37. The molecule has 1 unspecified atom stereocenters. The molecule has 1 aliphatic carbocycles. The van der Waals surface area contributed by atoms with Crippen molar-refractivity contribution in [3.63, 3.8) is 0 Å². The molecule has 2 aromatic rings. The minimum atomic E-state index is -0.954. The molecule has 1 fully saturated rings. The first-order valence-corrected chi connectivity index (χ1v) is 10.0. The van der Waals surface area contributed by atoms with Gasteiger partial charge in [-0.3, -0.25) is 24.6 Å². The molecule has 1 spiro atoms. The van der Waals surface area contributed by atoms with E-state index in [2.05, 4.69) is 16.0 Å². The number of urea groups is 1. The van der Waals surface area contributed by atoms with E-state index in [1.54, 1.807) is 30.3 Å². The van der Waals surface area contributed by atoms with Gasteiger partial charge in [-0.15, -0.1) is 0 Å². The standard InChI is InChI=1S/C22H20N4O5/c27-18(12-26-16-3-1-2-4-17(16)31-8-7-19(26)28)23-15-6-5-13-10-22(11-14(13)9-15)20(29)24-21(30)25-22/h1-6,9H,7-8,10-12H2,(H,23,27)(H2,24,25,29,30). The molecule has 5 rings (SSSR count). The van der Waals surface area contributed by atoms with Gasteiger partial charge in [-0.05, 0) is 35.4 Å². The van der Waals surface area contributed by atoms with Crippen LogP contribution in [0.15, 0.2) is 42.5 Å². The number of ether oxygens (including phenoxy) is 1. The van der Waals surface area contributed by atoms with E-state index in [1.807, 2.05) is 12.1 Å². The van der Waals surface area contributed by atoms with Crippen molar-refractivity contribution in [1.82, 2.24) is 10.6 Å². The number of nitrogens with zero attached hydrogens (tertiary/aromatic N) is 1. The lowest BCUT2D eigenvalue weighted by atomic mass is 9.96. The lowest BCUT2D eigenvalue weighted by Gasteiger charge is -2.21. The monoisotopic (exact) mass is 420 g/mol. The van der Waals surface area contributed by atoms with Crippen molar-refractivity contribution in [3.05, 3.63) is 53.6 Å². The summed E-state index contributed by atoms with van der Waals surface area (Å²) in [5.41, 5.74) is 2.02. The Morgan fingerprint density at radius 3 is 2.71 bits per heavy atom. The molecule has 1 saturated heterocycles. The number of hydrogen-bond acceptors (Lipinski definition) is 5. The van der Waals surface area contributed by atoms with E-state index >= 15 is 0 Å². The maximum absolute atomic E-state index is 12.7. The first kappa shape index (κ1) is 19.1. The number of carbonyl (C=O) groups is 4. The predicted molar refractivity (Wildman–Crippen MR) is 111 cm³/mol. The van der Waals surface area contributed by atoms with Crippen LogP contribution in [0.5, 0.6) is 5.75 Å². The maximum atomic E-state index is 12.7. The van der Waals surface area contributed by atoms with Gasteiger partial charge in [0.25, 0.3) is 5.91 Å². The number of amides is 5. The third-order valence-corrected chi connectivity index (χ3v) is 5.82. The van der Waals surface area contributed by atoms with Gasteiger partial charge in [0.05, 0.1) is 18.7 Å². The fourth-order valence-corrected chi connectivity index (χ4v) is 4.37. The van der Waals surface area contributed by atoms with E-state index in [1.165, 1.54) is 4.90 Å². The molecular formula is C22H20N4O5. The predicted octanol–water partition coefficient (Wildman–Crippen LogP) is 1.12. The van der Waals surface area contributed by atoms with Crippen LogP contribution in [0.3, 0.4) is 0 Å². The van der Waals surface area contributed by atoms with Gasteiger partial charge in [-0.25, -0.2) is 4.79 Å². The molecule has 1 atom stereocenters. The van der Waals surface area contributed by atoms with Crippen LogP contribution in [-0.4, -0.2) is 42.4 Å². The zero-order valence-electron chi connectivity index (χ0n) is 16.6. The maximum Gasteiger partial charge on any atom is 0.322 e. The Hall–Kier alpha value is -3.88. The highest BCUT2D eigenvalue weighted by molar-refractivity contribution is 6.08. The smallest absolute Gasteiger partial charge is 0.322 e. The molecule has 5 amide bonds. The van der Waals surface area contributed by atoms with Crippen molar-refractivity contribution in [2.24, 2.45) is 0 Å². The molecular weight excluding hydrogens is 400 g/mol. The number of hydrogen-bond donors (Lipinski definition) is 3. The van der Waals surface area contributed by atoms with Gasteiger partial charge < -0.3 is 15.4 Å². The van der Waals surface area contributed by atoms with Gasteiger partial charge >= 0.3 is 6.03 Å². The summed E-state index contributed by atoms with van der Waals surface area (Å²) in [6.45, 7) is 0.128. The zero-order chi connectivity index (χ0) is 21.6. The van der Waals surface area contributed by atoms with Crippen LogP contribution in [0.1, 0.15) is 17.5 Å². The van der Waals surface area contributed by atoms with Gasteiger partial charge in [-0.1, -0.05) is 18.2 Å². The summed E-state index contributed by atoms with van der Waals surface area (Å²) in [6.07, 6.45) is 0.961. The molecule has 0 radical (unpaired) electrons. The van der Waals surface area contributed by atoms with Gasteiger partial charge in [0.1, 0.15) is 17.8 Å². The Bertz CT molecular complexity index is 1130. The Labute approximate surface area is 177 Å². The average molecular weight is 420 g/mol. The summed E-state index contributed by atoms with van der Waals surface area (Å²) in [5, 5.41) is 7.83. The summed E-state index contributed by atoms with van der Waals surface area (Å²) in [6, 6.07) is 12.0. The molecule has 9 nitrogen and oxygen atoms in total. The summed E-state index contributed by atoms with van der Waals surface area (Å²) in [4.78, 5) is 50.4. The van der Waals surface area contributed by atoms with E-state index in [4.69, 9.17) is 4.74 Å². The van der Waals surface area contributed by atoms with E-state index in [-0.39, 0.29) is 37.3 Å². The third-order valence-electron chi connectivity index (χ3n) is 5.82. The van der Waals surface area contributed by atoms with E-state index in [0.717, 1.165) is 11.1 Å². The zero-order valence-corrected chi connectivity index (χ0v) is 16.6. The molecule has 2 heterocycles. The Morgan fingerprint density at radius 2 is 1.90 bits per heavy atom. The highest BCUT2D eigenvalue weighted by atomic mass is 16.5. The van der Waals surface area contributed by atoms with E-state index in [0.29, 0.717) is 30.0 Å². The molecule has 158 valence electrons. The Morgan fingerprint density at radius 1 is 1.10 bits per heavy atom. The van der Waals surface area contributed by atoms with Crippen molar-refractivity contribution in [2.45, 2.75) is 24.8 Å². The number of imide groups is 1. The van der Waals surface area contributed by atoms with Crippen LogP contribution in [-0.2, 0) is 27.2 Å². The summed E-state index contributed by atoms with van der Waals surface area (Å²) in [5.74, 6) is -0.288. The highest BCUT2D eigenvalue weighted by Gasteiger charge is 2.50. The second-order valence-electron chi connectivity index (χ2n) is 7.92. The molecule has 3 aliphatic rings. The molecule has 0 saturated carbocycles. The minimum absolute atomic E-state index is 0.140. The van der Waals surface area contributed by atoms with Crippen molar-refractivity contribution in [3.8, 4) is 5.75 Å². The van der Waals surface area contributed by atoms with Crippen molar-refractivity contribution >= 4 is 35.1 Å². The van der Waals surface area contributed by atoms with Crippen molar-refractivity contribution in [1.29, 1.82) is 0 Å². The number of benzene rings is 2. The quantitative estimate of drug-likeness (QED) is 0.644. The molecule has 2 aromatic carbocycles. The lowest BCUT2D eigenvalue weighted by Crippen LogP contribution is -2.47.